The minimum absolute atomic E-state index is 0.198. The van der Waals surface area contributed by atoms with Gasteiger partial charge in [0.2, 0.25) is 15.9 Å². The summed E-state index contributed by atoms with van der Waals surface area (Å²) in [6, 6.07) is 13.5. The molecule has 2 aromatic rings. The fourth-order valence-corrected chi connectivity index (χ4v) is 4.84. The highest BCUT2D eigenvalue weighted by Crippen LogP contribution is 2.37. The second kappa shape index (κ2) is 7.11. The van der Waals surface area contributed by atoms with Crippen molar-refractivity contribution in [3.8, 4) is 11.5 Å². The van der Waals surface area contributed by atoms with Crippen molar-refractivity contribution in [3.63, 3.8) is 0 Å². The fraction of sp³-hybridized carbons (Fsp3) is 0.316. The molecule has 0 unspecified atom stereocenters. The monoisotopic (exact) mass is 390 g/mol. The van der Waals surface area contributed by atoms with Crippen molar-refractivity contribution in [3.05, 3.63) is 48.5 Å². The van der Waals surface area contributed by atoms with Gasteiger partial charge in [0.15, 0.2) is 4.75 Å². The van der Waals surface area contributed by atoms with Crippen LogP contribution in [0.2, 0.25) is 0 Å². The highest BCUT2D eigenvalue weighted by molar-refractivity contribution is 7.95. The molecule has 2 aromatic carbocycles. The van der Waals surface area contributed by atoms with Gasteiger partial charge in [0, 0.05) is 12.2 Å². The topological polar surface area (TPSA) is 84.9 Å². The quantitative estimate of drug-likeness (QED) is 0.848. The number of nitrogens with one attached hydrogen (secondary N) is 1. The molecule has 1 saturated heterocycles. The lowest BCUT2D eigenvalue weighted by molar-refractivity contribution is -0.118. The van der Waals surface area contributed by atoms with E-state index in [1.54, 1.807) is 62.8 Å². The third kappa shape index (κ3) is 3.32. The zero-order chi connectivity index (χ0) is 19.7. The molecule has 1 atom stereocenters. The maximum Gasteiger partial charge on any atom is 0.249 e. The lowest BCUT2D eigenvalue weighted by Crippen LogP contribution is -2.47. The summed E-state index contributed by atoms with van der Waals surface area (Å²) < 4.78 is 36.1. The number of benzene rings is 2. The third-order valence-corrected chi connectivity index (χ3v) is 7.34. The van der Waals surface area contributed by atoms with Crippen LogP contribution in [0.4, 0.5) is 11.4 Å². The molecule has 0 aliphatic carbocycles. The van der Waals surface area contributed by atoms with Gasteiger partial charge in [-0.05, 0) is 61.9 Å². The van der Waals surface area contributed by atoms with E-state index in [1.807, 2.05) is 0 Å². The van der Waals surface area contributed by atoms with Crippen LogP contribution in [0.3, 0.4) is 0 Å². The van der Waals surface area contributed by atoms with Crippen LogP contribution in [-0.2, 0) is 14.8 Å². The van der Waals surface area contributed by atoms with Gasteiger partial charge in [0.05, 0.1) is 19.9 Å². The highest BCUT2D eigenvalue weighted by atomic mass is 32.2. The summed E-state index contributed by atoms with van der Waals surface area (Å²) in [5.74, 6) is 0.734. The number of anilines is 2. The molecule has 0 bridgehead atoms. The van der Waals surface area contributed by atoms with Crippen LogP contribution >= 0.6 is 0 Å². The zero-order valence-electron chi connectivity index (χ0n) is 15.4. The summed E-state index contributed by atoms with van der Waals surface area (Å²) in [6.07, 6.45) is 0.198. The van der Waals surface area contributed by atoms with Crippen LogP contribution in [-0.4, -0.2) is 39.8 Å². The number of hydrogen-bond acceptors (Lipinski definition) is 5. The van der Waals surface area contributed by atoms with Gasteiger partial charge in [-0.1, -0.05) is 0 Å². The molecule has 27 heavy (non-hydrogen) atoms. The summed E-state index contributed by atoms with van der Waals surface area (Å²) in [6.45, 7) is 1.70. The number of nitrogens with zero attached hydrogens (tertiary/aromatic N) is 1. The Labute approximate surface area is 158 Å². The van der Waals surface area contributed by atoms with E-state index < -0.39 is 20.7 Å². The van der Waals surface area contributed by atoms with E-state index in [0.717, 1.165) is 0 Å². The van der Waals surface area contributed by atoms with Crippen LogP contribution in [0.1, 0.15) is 13.3 Å². The summed E-state index contributed by atoms with van der Waals surface area (Å²) >= 11 is 0. The van der Waals surface area contributed by atoms with Crippen molar-refractivity contribution in [1.82, 2.24) is 0 Å². The van der Waals surface area contributed by atoms with Gasteiger partial charge < -0.3 is 14.8 Å². The van der Waals surface area contributed by atoms with E-state index in [2.05, 4.69) is 5.32 Å². The van der Waals surface area contributed by atoms with Gasteiger partial charge in [0.25, 0.3) is 0 Å². The molecular formula is C19H22N2O5S. The Morgan fingerprint density at radius 1 is 1.00 bits per heavy atom. The molecular weight excluding hydrogens is 368 g/mol. The number of carbonyl (C=O) groups is 1. The summed E-state index contributed by atoms with van der Waals surface area (Å²) in [5.41, 5.74) is 1.02. The van der Waals surface area contributed by atoms with E-state index in [-0.39, 0.29) is 13.0 Å². The smallest absolute Gasteiger partial charge is 0.249 e. The molecule has 3 rings (SSSR count). The first-order valence-electron chi connectivity index (χ1n) is 8.44. The molecule has 144 valence electrons. The Morgan fingerprint density at radius 3 is 2.04 bits per heavy atom. The number of sulfonamides is 1. The number of amides is 1. The molecule has 1 fully saturated rings. The van der Waals surface area contributed by atoms with Crippen molar-refractivity contribution >= 4 is 27.3 Å². The Balaban J connectivity index is 1.82. The number of ether oxygens (including phenoxy) is 2. The predicted octanol–water partition coefficient (Wildman–Crippen LogP) is 2.64. The maximum absolute atomic E-state index is 13.1. The van der Waals surface area contributed by atoms with E-state index >= 15 is 0 Å². The van der Waals surface area contributed by atoms with E-state index in [9.17, 15) is 13.2 Å². The Hall–Kier alpha value is -2.74. The molecule has 1 aliphatic heterocycles. The standard InChI is InChI=1S/C19H22N2O5S/c1-19(18(22)20-14-4-8-16(25-2)9-5-14)12-13-21(27(19,23)24)15-6-10-17(26-3)11-7-15/h4-11H,12-13H2,1-3H3,(H,20,22)/t19-/m0/s1. The summed E-state index contributed by atoms with van der Waals surface area (Å²) in [7, 11) is -0.783. The van der Waals surface area contributed by atoms with Crippen molar-refractivity contribution in [2.45, 2.75) is 18.1 Å². The Bertz CT molecular complexity index is 926. The van der Waals surface area contributed by atoms with Gasteiger partial charge in [-0.15, -0.1) is 0 Å². The lowest BCUT2D eigenvalue weighted by atomic mass is 10.1. The molecule has 8 heteroatoms. The molecule has 0 spiro atoms. The molecule has 1 amide bonds. The third-order valence-electron chi connectivity index (χ3n) is 4.84. The van der Waals surface area contributed by atoms with Gasteiger partial charge in [0.1, 0.15) is 11.5 Å². The minimum atomic E-state index is -3.88. The second-order valence-corrected chi connectivity index (χ2v) is 8.73. The van der Waals surface area contributed by atoms with Crippen LogP contribution in [0.15, 0.2) is 48.5 Å². The van der Waals surface area contributed by atoms with Crippen molar-refractivity contribution in [2.24, 2.45) is 0 Å². The average Bonchev–Trinajstić information content (AvgIpc) is 2.93. The maximum atomic E-state index is 13.1. The fourth-order valence-electron chi connectivity index (χ4n) is 2.99. The highest BCUT2D eigenvalue weighted by Gasteiger charge is 2.54. The second-order valence-electron chi connectivity index (χ2n) is 6.44. The van der Waals surface area contributed by atoms with Gasteiger partial charge in [-0.3, -0.25) is 9.10 Å². The van der Waals surface area contributed by atoms with Crippen molar-refractivity contribution in [2.75, 3.05) is 30.4 Å². The molecule has 0 radical (unpaired) electrons. The van der Waals surface area contributed by atoms with Gasteiger partial charge in [-0.25, -0.2) is 8.42 Å². The number of carbonyl (C=O) groups excluding carboxylic acids is 1. The first kappa shape index (κ1) is 19.0. The normalized spacial score (nSPS) is 20.9. The van der Waals surface area contributed by atoms with E-state index in [4.69, 9.17) is 9.47 Å². The molecule has 1 heterocycles. The Kier molecular flexibility index (Phi) is 5.01. The summed E-state index contributed by atoms with van der Waals surface area (Å²) in [5, 5.41) is 2.70. The molecule has 0 aromatic heterocycles. The van der Waals surface area contributed by atoms with Crippen LogP contribution in [0.25, 0.3) is 0 Å². The SMILES string of the molecule is COc1ccc(NC(=O)[C@]2(C)CCN(c3ccc(OC)cc3)S2(=O)=O)cc1. The first-order valence-corrected chi connectivity index (χ1v) is 9.88. The molecule has 0 saturated carbocycles. The largest absolute Gasteiger partial charge is 0.497 e. The number of methoxy groups -OCH3 is 2. The van der Waals surface area contributed by atoms with E-state index in [1.165, 1.54) is 11.2 Å². The zero-order valence-corrected chi connectivity index (χ0v) is 16.2. The predicted molar refractivity (Wildman–Crippen MR) is 104 cm³/mol. The minimum Gasteiger partial charge on any atom is -0.497 e. The van der Waals surface area contributed by atoms with E-state index in [0.29, 0.717) is 22.9 Å². The molecule has 1 aliphatic rings. The number of rotatable bonds is 5. The van der Waals surface area contributed by atoms with Crippen LogP contribution < -0.4 is 19.1 Å². The van der Waals surface area contributed by atoms with Crippen molar-refractivity contribution in [1.29, 1.82) is 0 Å². The van der Waals surface area contributed by atoms with Gasteiger partial charge in [-0.2, -0.15) is 0 Å². The molecule has 7 nitrogen and oxygen atoms in total. The number of hydrogen-bond donors (Lipinski definition) is 1. The summed E-state index contributed by atoms with van der Waals surface area (Å²) in [4.78, 5) is 12.8. The van der Waals surface area contributed by atoms with Crippen molar-refractivity contribution < 1.29 is 22.7 Å². The van der Waals surface area contributed by atoms with Gasteiger partial charge >= 0.3 is 0 Å². The molecule has 1 N–H and O–H groups in total. The van der Waals surface area contributed by atoms with Crippen LogP contribution in [0, 0.1) is 0 Å². The Morgan fingerprint density at radius 2 is 1.52 bits per heavy atom. The lowest BCUT2D eigenvalue weighted by Gasteiger charge is -2.25. The average molecular weight is 390 g/mol. The van der Waals surface area contributed by atoms with Crippen LogP contribution in [0.5, 0.6) is 11.5 Å². The first-order chi connectivity index (χ1) is 12.8.